The number of fused-ring (bicyclic) bond motifs is 1. The molecule has 0 spiro atoms. The highest BCUT2D eigenvalue weighted by Gasteiger charge is 2.55. The quantitative estimate of drug-likeness (QED) is 0.517. The molecule has 1 aromatic heterocycles. The molecule has 1 aliphatic heterocycles. The van der Waals surface area contributed by atoms with E-state index in [-0.39, 0.29) is 23.8 Å². The molecule has 4 atom stereocenters. The van der Waals surface area contributed by atoms with Gasteiger partial charge in [-0.3, -0.25) is 4.79 Å². The largest absolute Gasteiger partial charge is 0.376 e. The molecular weight excluding hydrogens is 300 g/mol. The number of amides is 1. The van der Waals surface area contributed by atoms with Crippen molar-refractivity contribution in [3.8, 4) is 0 Å². The van der Waals surface area contributed by atoms with Gasteiger partial charge in [-0.25, -0.2) is 17.9 Å². The average Bonchev–Trinajstić information content (AvgIpc) is 2.99. The molecular formula is C11H16N4O5S. The molecule has 1 aliphatic carbocycles. The fraction of sp³-hybridized carbons (Fsp3) is 0.636. The van der Waals surface area contributed by atoms with Crippen LogP contribution in [-0.4, -0.2) is 55.3 Å². The SMILES string of the molecule is CS(=O)(=O)N[C@@H]1[C@@H](NC(=O)c2c[nH]c(=O)[nH]2)[C@H]2CCO[C@H]21. The molecule has 0 radical (unpaired) electrons. The van der Waals surface area contributed by atoms with Gasteiger partial charge in [-0.2, -0.15) is 0 Å². The van der Waals surface area contributed by atoms with Crippen molar-refractivity contribution in [1.82, 2.24) is 20.0 Å². The van der Waals surface area contributed by atoms with Crippen molar-refractivity contribution in [2.24, 2.45) is 5.92 Å². The summed E-state index contributed by atoms with van der Waals surface area (Å²) >= 11 is 0. The maximum atomic E-state index is 12.0. The van der Waals surface area contributed by atoms with Crippen LogP contribution in [0, 0.1) is 5.92 Å². The lowest BCUT2D eigenvalue weighted by Gasteiger charge is -2.47. The first-order chi connectivity index (χ1) is 9.85. The Morgan fingerprint density at radius 1 is 1.43 bits per heavy atom. The van der Waals surface area contributed by atoms with Crippen LogP contribution in [0.3, 0.4) is 0 Å². The number of carbonyl (C=O) groups excluding carboxylic acids is 1. The standard InChI is InChI=1S/C11H16N4O5S/c1-21(18,19)15-8-7(5-2-3-20-9(5)8)14-10(16)6-4-12-11(17)13-6/h4-5,7-9,15H,2-3H2,1H3,(H,14,16)(H2,12,13,17)/t5-,7+,8-,9-/m1/s1. The minimum Gasteiger partial charge on any atom is -0.376 e. The second kappa shape index (κ2) is 4.97. The number of rotatable bonds is 4. The number of sulfonamides is 1. The lowest BCUT2D eigenvalue weighted by molar-refractivity contribution is -0.0194. The Bertz CT molecular complexity index is 708. The fourth-order valence-corrected chi connectivity index (χ4v) is 3.75. The Morgan fingerprint density at radius 3 is 2.81 bits per heavy atom. The minimum atomic E-state index is -3.40. The van der Waals surface area contributed by atoms with E-state index in [4.69, 9.17) is 4.74 Å². The van der Waals surface area contributed by atoms with E-state index in [0.717, 1.165) is 12.7 Å². The van der Waals surface area contributed by atoms with Crippen LogP contribution in [0.5, 0.6) is 0 Å². The molecule has 2 heterocycles. The van der Waals surface area contributed by atoms with Crippen LogP contribution < -0.4 is 15.7 Å². The Balaban J connectivity index is 1.73. The van der Waals surface area contributed by atoms with E-state index in [1.54, 1.807) is 0 Å². The van der Waals surface area contributed by atoms with E-state index in [1.807, 2.05) is 0 Å². The van der Waals surface area contributed by atoms with Crippen LogP contribution in [0.15, 0.2) is 11.0 Å². The summed E-state index contributed by atoms with van der Waals surface area (Å²) in [6, 6.07) is -0.833. The molecule has 0 bridgehead atoms. The topological polar surface area (TPSA) is 133 Å². The molecule has 116 valence electrons. The zero-order valence-corrected chi connectivity index (χ0v) is 12.1. The first-order valence-corrected chi connectivity index (χ1v) is 8.42. The van der Waals surface area contributed by atoms with Crippen molar-refractivity contribution in [1.29, 1.82) is 0 Å². The van der Waals surface area contributed by atoms with Crippen molar-refractivity contribution in [3.05, 3.63) is 22.4 Å². The lowest BCUT2D eigenvalue weighted by Crippen LogP contribution is -2.70. The van der Waals surface area contributed by atoms with Crippen molar-refractivity contribution in [2.75, 3.05) is 12.9 Å². The second-order valence-corrected chi connectivity index (χ2v) is 7.14. The molecule has 1 saturated heterocycles. The lowest BCUT2D eigenvalue weighted by atomic mass is 9.72. The molecule has 1 aromatic rings. The Hall–Kier alpha value is -1.65. The fourth-order valence-electron chi connectivity index (χ4n) is 2.98. The summed E-state index contributed by atoms with van der Waals surface area (Å²) in [5.41, 5.74) is -0.359. The van der Waals surface area contributed by atoms with Gasteiger partial charge in [0.25, 0.3) is 5.91 Å². The van der Waals surface area contributed by atoms with Gasteiger partial charge in [0.15, 0.2) is 0 Å². The zero-order valence-electron chi connectivity index (χ0n) is 11.3. The highest BCUT2D eigenvalue weighted by atomic mass is 32.2. The number of hydrogen-bond acceptors (Lipinski definition) is 5. The zero-order chi connectivity index (χ0) is 15.2. The number of H-pyrrole nitrogens is 2. The molecule has 3 rings (SSSR count). The molecule has 1 amide bonds. The molecule has 4 N–H and O–H groups in total. The van der Waals surface area contributed by atoms with Gasteiger partial charge in [-0.1, -0.05) is 0 Å². The van der Waals surface area contributed by atoms with E-state index >= 15 is 0 Å². The molecule has 1 saturated carbocycles. The summed E-state index contributed by atoms with van der Waals surface area (Å²) in [5.74, 6) is -0.372. The Kier molecular flexibility index (Phi) is 3.38. The van der Waals surface area contributed by atoms with Crippen LogP contribution in [0.4, 0.5) is 0 Å². The van der Waals surface area contributed by atoms with Crippen LogP contribution in [-0.2, 0) is 14.8 Å². The summed E-state index contributed by atoms with van der Waals surface area (Å²) in [4.78, 5) is 27.7. The van der Waals surface area contributed by atoms with E-state index < -0.39 is 27.7 Å². The van der Waals surface area contributed by atoms with Gasteiger partial charge in [0.05, 0.1) is 24.4 Å². The van der Waals surface area contributed by atoms with Gasteiger partial charge in [0.2, 0.25) is 10.0 Å². The van der Waals surface area contributed by atoms with Crippen molar-refractivity contribution >= 4 is 15.9 Å². The van der Waals surface area contributed by atoms with E-state index in [1.165, 1.54) is 6.20 Å². The van der Waals surface area contributed by atoms with Gasteiger partial charge in [-0.15, -0.1) is 0 Å². The maximum Gasteiger partial charge on any atom is 0.323 e. The number of aromatic amines is 2. The smallest absolute Gasteiger partial charge is 0.323 e. The molecule has 2 fully saturated rings. The van der Waals surface area contributed by atoms with Gasteiger partial charge in [-0.05, 0) is 6.42 Å². The Labute approximate surface area is 120 Å². The third-order valence-corrected chi connectivity index (χ3v) is 4.57. The van der Waals surface area contributed by atoms with Gasteiger partial charge < -0.3 is 20.0 Å². The number of carbonyl (C=O) groups is 1. The number of nitrogens with one attached hydrogen (secondary N) is 4. The summed E-state index contributed by atoms with van der Waals surface area (Å²) < 4.78 is 30.8. The minimum absolute atomic E-state index is 0.0823. The number of aromatic nitrogens is 2. The molecule has 9 nitrogen and oxygen atoms in total. The molecule has 10 heteroatoms. The van der Waals surface area contributed by atoms with E-state index in [2.05, 4.69) is 20.0 Å². The predicted octanol–water partition coefficient (Wildman–Crippen LogP) is -1.86. The van der Waals surface area contributed by atoms with E-state index in [0.29, 0.717) is 6.61 Å². The van der Waals surface area contributed by atoms with Crippen molar-refractivity contribution in [2.45, 2.75) is 24.6 Å². The molecule has 0 aromatic carbocycles. The normalized spacial score (nSPS) is 31.5. The van der Waals surface area contributed by atoms with Crippen LogP contribution in [0.25, 0.3) is 0 Å². The van der Waals surface area contributed by atoms with Crippen molar-refractivity contribution in [3.63, 3.8) is 0 Å². The highest BCUT2D eigenvalue weighted by molar-refractivity contribution is 7.88. The van der Waals surface area contributed by atoms with Gasteiger partial charge in [0, 0.05) is 18.7 Å². The number of hydrogen-bond donors (Lipinski definition) is 4. The highest BCUT2D eigenvalue weighted by Crippen LogP contribution is 2.39. The second-order valence-electron chi connectivity index (χ2n) is 5.36. The first-order valence-electron chi connectivity index (χ1n) is 6.52. The summed E-state index contributed by atoms with van der Waals surface area (Å²) in [6.07, 6.45) is 2.90. The number of imidazole rings is 1. The molecule has 2 aliphatic rings. The first kappa shape index (κ1) is 14.3. The van der Waals surface area contributed by atoms with Crippen LogP contribution >= 0.6 is 0 Å². The van der Waals surface area contributed by atoms with Crippen LogP contribution in [0.1, 0.15) is 16.9 Å². The predicted molar refractivity (Wildman–Crippen MR) is 72.3 cm³/mol. The third kappa shape index (κ3) is 2.74. The van der Waals surface area contributed by atoms with E-state index in [9.17, 15) is 18.0 Å². The monoisotopic (exact) mass is 316 g/mol. The molecule has 21 heavy (non-hydrogen) atoms. The summed E-state index contributed by atoms with van der Waals surface area (Å²) in [5, 5.41) is 2.75. The molecule has 0 unspecified atom stereocenters. The van der Waals surface area contributed by atoms with Crippen molar-refractivity contribution < 1.29 is 17.9 Å². The summed E-state index contributed by atoms with van der Waals surface area (Å²) in [6.45, 7) is 0.546. The summed E-state index contributed by atoms with van der Waals surface area (Å²) in [7, 11) is -3.40. The van der Waals surface area contributed by atoms with Crippen LogP contribution in [0.2, 0.25) is 0 Å². The van der Waals surface area contributed by atoms with Gasteiger partial charge in [0.1, 0.15) is 5.69 Å². The Morgan fingerprint density at radius 2 is 2.19 bits per heavy atom. The number of ether oxygens (including phenoxy) is 1. The van der Waals surface area contributed by atoms with Gasteiger partial charge >= 0.3 is 5.69 Å². The average molecular weight is 316 g/mol. The maximum absolute atomic E-state index is 12.0. The third-order valence-electron chi connectivity index (χ3n) is 3.87.